The topological polar surface area (TPSA) is 46.3 Å². The minimum absolute atomic E-state index is 0.156. The SMILES string of the molecule is NCCCN(C(=O)c1ccccc1)C1CCC1. The highest BCUT2D eigenvalue weighted by atomic mass is 16.2. The van der Waals surface area contributed by atoms with Crippen LogP contribution in [0.15, 0.2) is 30.3 Å². The molecule has 1 amide bonds. The number of nitrogens with zero attached hydrogens (tertiary/aromatic N) is 1. The van der Waals surface area contributed by atoms with Crippen molar-refractivity contribution in [1.29, 1.82) is 0 Å². The molecule has 1 saturated carbocycles. The van der Waals surface area contributed by atoms with Crippen LogP contribution in [-0.4, -0.2) is 29.9 Å². The molecule has 17 heavy (non-hydrogen) atoms. The highest BCUT2D eigenvalue weighted by Crippen LogP contribution is 2.26. The summed E-state index contributed by atoms with van der Waals surface area (Å²) in [6.07, 6.45) is 4.41. The molecule has 0 atom stereocenters. The van der Waals surface area contributed by atoms with Gasteiger partial charge in [0, 0.05) is 18.2 Å². The highest BCUT2D eigenvalue weighted by molar-refractivity contribution is 5.94. The molecule has 1 aliphatic carbocycles. The summed E-state index contributed by atoms with van der Waals surface area (Å²) in [5.74, 6) is 0.156. The van der Waals surface area contributed by atoms with E-state index in [0.717, 1.165) is 31.4 Å². The van der Waals surface area contributed by atoms with Gasteiger partial charge >= 0.3 is 0 Å². The van der Waals surface area contributed by atoms with Crippen molar-refractivity contribution in [3.05, 3.63) is 35.9 Å². The maximum absolute atomic E-state index is 12.4. The lowest BCUT2D eigenvalue weighted by Gasteiger charge is -2.37. The molecule has 0 spiro atoms. The van der Waals surface area contributed by atoms with Crippen LogP contribution in [0, 0.1) is 0 Å². The number of hydrogen-bond acceptors (Lipinski definition) is 2. The van der Waals surface area contributed by atoms with Crippen LogP contribution in [0.5, 0.6) is 0 Å². The number of rotatable bonds is 5. The van der Waals surface area contributed by atoms with Crippen LogP contribution in [0.1, 0.15) is 36.0 Å². The summed E-state index contributed by atoms with van der Waals surface area (Å²) in [4.78, 5) is 14.4. The quantitative estimate of drug-likeness (QED) is 0.844. The van der Waals surface area contributed by atoms with Gasteiger partial charge in [-0.3, -0.25) is 4.79 Å². The second-order valence-corrected chi connectivity index (χ2v) is 4.59. The fourth-order valence-electron chi connectivity index (χ4n) is 2.16. The largest absolute Gasteiger partial charge is 0.336 e. The van der Waals surface area contributed by atoms with E-state index in [1.54, 1.807) is 0 Å². The van der Waals surface area contributed by atoms with Crippen LogP contribution in [0.25, 0.3) is 0 Å². The van der Waals surface area contributed by atoms with Gasteiger partial charge in [-0.05, 0) is 44.4 Å². The average molecular weight is 232 g/mol. The molecule has 1 aliphatic rings. The molecular formula is C14H20N2O. The Morgan fingerprint density at radius 2 is 2.00 bits per heavy atom. The summed E-state index contributed by atoms with van der Waals surface area (Å²) in [6, 6.07) is 9.97. The van der Waals surface area contributed by atoms with E-state index >= 15 is 0 Å². The zero-order chi connectivity index (χ0) is 12.1. The first-order chi connectivity index (χ1) is 8.33. The molecule has 0 bridgehead atoms. The Hall–Kier alpha value is -1.35. The molecule has 3 nitrogen and oxygen atoms in total. The van der Waals surface area contributed by atoms with E-state index < -0.39 is 0 Å². The second kappa shape index (κ2) is 5.82. The van der Waals surface area contributed by atoms with Gasteiger partial charge < -0.3 is 10.6 Å². The molecule has 0 unspecified atom stereocenters. The van der Waals surface area contributed by atoms with E-state index in [9.17, 15) is 4.79 Å². The van der Waals surface area contributed by atoms with Gasteiger partial charge in [0.25, 0.3) is 5.91 Å². The lowest BCUT2D eigenvalue weighted by atomic mass is 9.90. The third-order valence-corrected chi connectivity index (χ3v) is 3.40. The monoisotopic (exact) mass is 232 g/mol. The summed E-state index contributed by atoms with van der Waals surface area (Å²) in [5, 5.41) is 0. The van der Waals surface area contributed by atoms with E-state index in [4.69, 9.17) is 5.73 Å². The maximum atomic E-state index is 12.4. The Balaban J connectivity index is 2.06. The molecule has 92 valence electrons. The molecule has 1 aromatic carbocycles. The van der Waals surface area contributed by atoms with Crippen LogP contribution in [0.2, 0.25) is 0 Å². The van der Waals surface area contributed by atoms with Gasteiger partial charge in [-0.15, -0.1) is 0 Å². The van der Waals surface area contributed by atoms with E-state index in [0.29, 0.717) is 12.6 Å². The number of hydrogen-bond donors (Lipinski definition) is 1. The summed E-state index contributed by atoms with van der Waals surface area (Å²) in [5.41, 5.74) is 6.33. The van der Waals surface area contributed by atoms with Crippen molar-refractivity contribution in [2.75, 3.05) is 13.1 Å². The van der Waals surface area contributed by atoms with Crippen LogP contribution in [0.3, 0.4) is 0 Å². The molecule has 2 rings (SSSR count). The molecule has 0 aliphatic heterocycles. The van der Waals surface area contributed by atoms with Gasteiger partial charge in [-0.25, -0.2) is 0 Å². The molecule has 0 aromatic heterocycles. The molecule has 2 N–H and O–H groups in total. The smallest absolute Gasteiger partial charge is 0.254 e. The summed E-state index contributed by atoms with van der Waals surface area (Å²) in [6.45, 7) is 1.43. The molecule has 0 heterocycles. The van der Waals surface area contributed by atoms with Crippen molar-refractivity contribution in [3.63, 3.8) is 0 Å². The number of carbonyl (C=O) groups excluding carboxylic acids is 1. The minimum Gasteiger partial charge on any atom is -0.336 e. The third-order valence-electron chi connectivity index (χ3n) is 3.40. The van der Waals surface area contributed by atoms with Crippen molar-refractivity contribution < 1.29 is 4.79 Å². The van der Waals surface area contributed by atoms with Crippen LogP contribution in [0.4, 0.5) is 0 Å². The van der Waals surface area contributed by atoms with Crippen LogP contribution < -0.4 is 5.73 Å². The van der Waals surface area contributed by atoms with Crippen molar-refractivity contribution in [3.8, 4) is 0 Å². The first-order valence-corrected chi connectivity index (χ1v) is 6.39. The van der Waals surface area contributed by atoms with Crippen molar-refractivity contribution in [2.45, 2.75) is 31.7 Å². The third kappa shape index (κ3) is 2.86. The second-order valence-electron chi connectivity index (χ2n) is 4.59. The zero-order valence-corrected chi connectivity index (χ0v) is 10.1. The Kier molecular flexibility index (Phi) is 4.15. The normalized spacial score (nSPS) is 15.4. The number of amides is 1. The first-order valence-electron chi connectivity index (χ1n) is 6.39. The Morgan fingerprint density at radius 3 is 2.53 bits per heavy atom. The lowest BCUT2D eigenvalue weighted by molar-refractivity contribution is 0.0578. The van der Waals surface area contributed by atoms with Gasteiger partial charge in [0.1, 0.15) is 0 Å². The minimum atomic E-state index is 0.156. The zero-order valence-electron chi connectivity index (χ0n) is 10.1. The fourth-order valence-corrected chi connectivity index (χ4v) is 2.16. The van der Waals surface area contributed by atoms with Gasteiger partial charge in [0.05, 0.1) is 0 Å². The van der Waals surface area contributed by atoms with E-state index in [1.807, 2.05) is 35.2 Å². The predicted octanol–water partition coefficient (Wildman–Crippen LogP) is 2.03. The average Bonchev–Trinajstić information content (AvgIpc) is 2.32. The Bertz CT molecular complexity index is 360. The summed E-state index contributed by atoms with van der Waals surface area (Å²) >= 11 is 0. The highest BCUT2D eigenvalue weighted by Gasteiger charge is 2.28. The molecule has 1 aromatic rings. The lowest BCUT2D eigenvalue weighted by Crippen LogP contribution is -2.45. The first kappa shape index (κ1) is 12.1. The maximum Gasteiger partial charge on any atom is 0.254 e. The van der Waals surface area contributed by atoms with Crippen LogP contribution in [-0.2, 0) is 0 Å². The number of nitrogens with two attached hydrogens (primary N) is 1. The fraction of sp³-hybridized carbons (Fsp3) is 0.500. The molecule has 0 saturated heterocycles. The van der Waals surface area contributed by atoms with E-state index in [2.05, 4.69) is 0 Å². The number of benzene rings is 1. The van der Waals surface area contributed by atoms with Gasteiger partial charge in [-0.2, -0.15) is 0 Å². The van der Waals surface area contributed by atoms with Crippen LogP contribution >= 0.6 is 0 Å². The van der Waals surface area contributed by atoms with Crippen molar-refractivity contribution >= 4 is 5.91 Å². The Labute approximate surface area is 103 Å². The summed E-state index contributed by atoms with van der Waals surface area (Å²) < 4.78 is 0. The van der Waals surface area contributed by atoms with Gasteiger partial charge in [0.2, 0.25) is 0 Å². The van der Waals surface area contributed by atoms with Gasteiger partial charge in [-0.1, -0.05) is 18.2 Å². The van der Waals surface area contributed by atoms with Gasteiger partial charge in [0.15, 0.2) is 0 Å². The predicted molar refractivity (Wildman–Crippen MR) is 68.8 cm³/mol. The molecule has 0 radical (unpaired) electrons. The van der Waals surface area contributed by atoms with Crippen molar-refractivity contribution in [1.82, 2.24) is 4.90 Å². The standard InChI is InChI=1S/C14H20N2O/c15-10-5-11-16(13-8-4-9-13)14(17)12-6-2-1-3-7-12/h1-3,6-7,13H,4-5,8-11,15H2. The van der Waals surface area contributed by atoms with E-state index in [1.165, 1.54) is 6.42 Å². The molecule has 1 fully saturated rings. The Morgan fingerprint density at radius 1 is 1.29 bits per heavy atom. The number of carbonyl (C=O) groups is 1. The summed E-state index contributed by atoms with van der Waals surface area (Å²) in [7, 11) is 0. The molecular weight excluding hydrogens is 212 g/mol. The van der Waals surface area contributed by atoms with Crippen molar-refractivity contribution in [2.24, 2.45) is 5.73 Å². The van der Waals surface area contributed by atoms with E-state index in [-0.39, 0.29) is 5.91 Å². The molecule has 3 heteroatoms.